The summed E-state index contributed by atoms with van der Waals surface area (Å²) in [6.07, 6.45) is 3.20. The number of ether oxygens (including phenoxy) is 6. The largest absolute Gasteiger partial charge is 0.379 e. The number of rotatable bonds is 35. The summed E-state index contributed by atoms with van der Waals surface area (Å²) in [5, 5.41) is 8.69. The second-order valence-electron chi connectivity index (χ2n) is 17.7. The molecule has 4 N–H and O–H groups in total. The van der Waals surface area contributed by atoms with Gasteiger partial charge >= 0.3 is 0 Å². The molecule has 2 heterocycles. The summed E-state index contributed by atoms with van der Waals surface area (Å²) in [5.74, 6) is 2.56. The molecule has 8 atom stereocenters. The Morgan fingerprint density at radius 3 is 2.01 bits per heavy atom. The van der Waals surface area contributed by atoms with Crippen molar-refractivity contribution in [3.8, 4) is 0 Å². The number of thiazole rings is 1. The van der Waals surface area contributed by atoms with E-state index in [4.69, 9.17) is 34.3 Å². The van der Waals surface area contributed by atoms with Crippen LogP contribution in [-0.4, -0.2) is 180 Å². The van der Waals surface area contributed by atoms with Crippen molar-refractivity contribution in [2.45, 2.75) is 110 Å². The fraction of sp³-hybridized carbons (Fsp3) is 0.714. The number of hydrogen-bond acceptors (Lipinski definition) is 15. The molecule has 5 amide bonds. The van der Waals surface area contributed by atoms with Crippen LogP contribution in [0.5, 0.6) is 0 Å². The van der Waals surface area contributed by atoms with Gasteiger partial charge in [-0.2, -0.15) is 0 Å². The van der Waals surface area contributed by atoms with E-state index >= 15 is 0 Å². The Morgan fingerprint density at radius 1 is 0.841 bits per heavy atom. The number of aromatic nitrogens is 1. The monoisotopic (exact) mass is 992 g/mol. The second kappa shape index (κ2) is 32.7. The van der Waals surface area contributed by atoms with Crippen LogP contribution in [0.25, 0.3) is 0 Å². The van der Waals surface area contributed by atoms with Crippen LogP contribution in [0, 0.1) is 17.8 Å². The Kier molecular flexibility index (Phi) is 28.1. The summed E-state index contributed by atoms with van der Waals surface area (Å²) < 4.78 is 33.8. The van der Waals surface area contributed by atoms with E-state index in [0.717, 1.165) is 17.0 Å². The third kappa shape index (κ3) is 19.5. The summed E-state index contributed by atoms with van der Waals surface area (Å²) in [7, 11) is 6.34. The van der Waals surface area contributed by atoms with E-state index in [1.165, 1.54) is 23.3 Å². The minimum absolute atomic E-state index is 0.00995. The third-order valence-electron chi connectivity index (χ3n) is 12.7. The van der Waals surface area contributed by atoms with Gasteiger partial charge in [0.2, 0.25) is 29.5 Å². The van der Waals surface area contributed by atoms with Crippen LogP contribution in [0.4, 0.5) is 0 Å². The van der Waals surface area contributed by atoms with Crippen molar-refractivity contribution >= 4 is 40.9 Å². The first kappa shape index (κ1) is 59.2. The first-order chi connectivity index (χ1) is 33.2. The van der Waals surface area contributed by atoms with Gasteiger partial charge in [0, 0.05) is 46.4 Å². The average molecular weight is 992 g/mol. The molecular weight excluding hydrogens is 911 g/mol. The minimum Gasteiger partial charge on any atom is -0.379 e. The lowest BCUT2D eigenvalue weighted by atomic mass is 9.90. The molecule has 0 radical (unpaired) electrons. The summed E-state index contributed by atoms with van der Waals surface area (Å²) in [5.41, 5.74) is 1.07. The summed E-state index contributed by atoms with van der Waals surface area (Å²) >= 11 is 1.49. The second-order valence-corrected chi connectivity index (χ2v) is 18.7. The predicted octanol–water partition coefficient (Wildman–Crippen LogP) is 3.41. The number of nitrogens with two attached hydrogens (primary N) is 1. The predicted molar refractivity (Wildman–Crippen MR) is 262 cm³/mol. The highest BCUT2D eigenvalue weighted by atomic mass is 32.1. The van der Waals surface area contributed by atoms with E-state index in [0.29, 0.717) is 72.1 Å². The number of benzene rings is 1. The molecule has 0 bridgehead atoms. The van der Waals surface area contributed by atoms with E-state index in [9.17, 15) is 24.0 Å². The quantitative estimate of drug-likeness (QED) is 0.0666. The Balaban J connectivity index is 1.54. The van der Waals surface area contributed by atoms with E-state index in [-0.39, 0.29) is 80.1 Å². The van der Waals surface area contributed by atoms with Gasteiger partial charge in [-0.1, -0.05) is 71.4 Å². The van der Waals surface area contributed by atoms with Crippen molar-refractivity contribution in [2.75, 3.05) is 101 Å². The number of methoxy groups -OCH3 is 2. The minimum atomic E-state index is -0.833. The molecule has 0 spiro atoms. The van der Waals surface area contributed by atoms with Gasteiger partial charge in [0.15, 0.2) is 0 Å². The number of nitrogens with zero attached hydrogens (tertiary/aromatic N) is 4. The molecule has 1 fully saturated rings. The fourth-order valence-corrected chi connectivity index (χ4v) is 9.45. The average Bonchev–Trinajstić information content (AvgIpc) is 4.07. The van der Waals surface area contributed by atoms with E-state index < -0.39 is 36.1 Å². The number of hydrogen-bond donors (Lipinski definition) is 3. The molecule has 2 aromatic rings. The van der Waals surface area contributed by atoms with Gasteiger partial charge in [-0.15, -0.1) is 11.3 Å². The van der Waals surface area contributed by atoms with Gasteiger partial charge in [0.25, 0.3) is 0 Å². The molecule has 1 aromatic heterocycles. The van der Waals surface area contributed by atoms with Crippen molar-refractivity contribution < 1.29 is 57.2 Å². The van der Waals surface area contributed by atoms with Crippen molar-refractivity contribution in [1.29, 1.82) is 0 Å². The fourth-order valence-electron chi connectivity index (χ4n) is 8.76. The zero-order valence-electron chi connectivity index (χ0n) is 42.4. The number of likely N-dealkylation sites (tertiary alicyclic amines) is 1. The number of amides is 5. The molecule has 19 nitrogen and oxygen atoms in total. The maximum Gasteiger partial charge on any atom is 0.243 e. The maximum atomic E-state index is 14.3. The zero-order chi connectivity index (χ0) is 50.7. The van der Waals surface area contributed by atoms with Gasteiger partial charge in [0.05, 0.1) is 115 Å². The van der Waals surface area contributed by atoms with Crippen molar-refractivity contribution in [3.05, 3.63) is 52.5 Å². The highest BCUT2D eigenvalue weighted by Crippen LogP contribution is 2.30. The Labute approximate surface area is 413 Å². The lowest BCUT2D eigenvalue weighted by molar-refractivity contribution is -0.146. The molecule has 0 aliphatic carbocycles. The molecule has 69 heavy (non-hydrogen) atoms. The Bertz CT molecular complexity index is 1780. The molecule has 0 saturated carbocycles. The normalized spacial score (nSPS) is 16.9. The molecule has 20 heteroatoms. The molecule has 1 aromatic carbocycles. The van der Waals surface area contributed by atoms with Gasteiger partial charge in [-0.25, -0.2) is 10.9 Å². The summed E-state index contributed by atoms with van der Waals surface area (Å²) in [6, 6.07) is 7.92. The SMILES string of the molecule is CC[C@H](C)C([C@@H](CC(=O)N1CCC[C@H]1[C@H](OC)[C@@H](C)C(=O)N[C@@H](Cc1ccccc1)c1nccs1)OC)N(C)C(=O)CNC(=O)C(C(C)C)N(C)C(=O)CCOCCOCCOCCOCCON. The Hall–Kier alpha value is -4.12. The third-order valence-corrected chi connectivity index (χ3v) is 13.6. The van der Waals surface area contributed by atoms with Gasteiger partial charge in [-0.05, 0) is 36.7 Å². The van der Waals surface area contributed by atoms with Crippen LogP contribution < -0.4 is 16.5 Å². The van der Waals surface area contributed by atoms with Gasteiger partial charge in [-0.3, -0.25) is 24.0 Å². The van der Waals surface area contributed by atoms with Crippen LogP contribution in [0.1, 0.15) is 83.3 Å². The van der Waals surface area contributed by atoms with E-state index in [1.54, 1.807) is 37.2 Å². The van der Waals surface area contributed by atoms with Crippen molar-refractivity contribution in [1.82, 2.24) is 30.3 Å². The number of carbonyl (C=O) groups excluding carboxylic acids is 5. The van der Waals surface area contributed by atoms with Crippen LogP contribution in [-0.2, 0) is 63.7 Å². The van der Waals surface area contributed by atoms with Crippen LogP contribution in [0.2, 0.25) is 0 Å². The zero-order valence-corrected chi connectivity index (χ0v) is 43.2. The van der Waals surface area contributed by atoms with Crippen molar-refractivity contribution in [3.63, 3.8) is 0 Å². The lowest BCUT2D eigenvalue weighted by Crippen LogP contribution is -2.55. The number of likely N-dealkylation sites (N-methyl/N-ethyl adjacent to an activating group) is 2. The summed E-state index contributed by atoms with van der Waals surface area (Å²) in [4.78, 5) is 82.6. The Morgan fingerprint density at radius 2 is 1.46 bits per heavy atom. The smallest absolute Gasteiger partial charge is 0.243 e. The molecular formula is C49H81N7O12S. The van der Waals surface area contributed by atoms with Gasteiger partial charge < -0.3 is 58.6 Å². The number of carbonyl (C=O) groups is 5. The molecule has 2 unspecified atom stereocenters. The number of nitrogens with one attached hydrogen (secondary N) is 2. The lowest BCUT2D eigenvalue weighted by Gasteiger charge is -2.39. The van der Waals surface area contributed by atoms with Crippen LogP contribution >= 0.6 is 11.3 Å². The standard InChI is InChI=1S/C49H81N7O12S/c1-10-35(4)45(55(7)43(59)33-52-48(61)44(34(2)3)54(6)41(57)18-21-64-22-23-65-24-25-66-26-27-67-28-29-68-50)40(62-8)32-42(58)56-20-14-17-39(56)46(63-9)36(5)47(60)53-38(49-51-19-30-69-49)31-37-15-12-11-13-16-37/h11-13,15-16,19,30,34-36,38-40,44-46H,10,14,17-18,20-29,31-33,50H2,1-9H3,(H,52,61)(H,53,60)/t35-,36+,38-,39-,40+,44?,45?,46+/m0/s1. The highest BCUT2D eigenvalue weighted by molar-refractivity contribution is 7.09. The highest BCUT2D eigenvalue weighted by Gasteiger charge is 2.42. The molecule has 1 aliphatic heterocycles. The molecule has 1 saturated heterocycles. The topological polar surface area (TPSA) is 223 Å². The van der Waals surface area contributed by atoms with E-state index in [1.807, 2.05) is 70.3 Å². The first-order valence-electron chi connectivity index (χ1n) is 24.2. The molecule has 1 aliphatic rings. The van der Waals surface area contributed by atoms with Gasteiger partial charge in [0.1, 0.15) is 11.0 Å². The summed E-state index contributed by atoms with van der Waals surface area (Å²) in [6.45, 7) is 12.8. The van der Waals surface area contributed by atoms with Crippen LogP contribution in [0.15, 0.2) is 41.9 Å². The molecule has 3 rings (SSSR count). The maximum absolute atomic E-state index is 14.3. The van der Waals surface area contributed by atoms with E-state index in [2.05, 4.69) is 20.5 Å². The molecule has 390 valence electrons. The van der Waals surface area contributed by atoms with Crippen LogP contribution in [0.3, 0.4) is 0 Å². The first-order valence-corrected chi connectivity index (χ1v) is 25.1. The van der Waals surface area contributed by atoms with Crippen molar-refractivity contribution in [2.24, 2.45) is 23.7 Å².